The van der Waals surface area contributed by atoms with Crippen LogP contribution in [0, 0.1) is 17.7 Å². The fourth-order valence-corrected chi connectivity index (χ4v) is 6.69. The number of aliphatic imine (C=N–C) groups is 1. The van der Waals surface area contributed by atoms with Gasteiger partial charge in [0.1, 0.15) is 5.82 Å². The molecule has 2 heterocycles. The van der Waals surface area contributed by atoms with Gasteiger partial charge in [-0.1, -0.05) is 37.2 Å². The van der Waals surface area contributed by atoms with Crippen molar-refractivity contribution in [2.75, 3.05) is 7.11 Å². The van der Waals surface area contributed by atoms with Crippen LogP contribution >= 0.6 is 11.8 Å². The second-order valence-corrected chi connectivity index (χ2v) is 10.0. The third kappa shape index (κ3) is 4.09. The van der Waals surface area contributed by atoms with E-state index in [1.165, 1.54) is 50.3 Å². The molecule has 0 spiro atoms. The Labute approximate surface area is 197 Å². The molecule has 1 amide bonds. The predicted octanol–water partition coefficient (Wildman–Crippen LogP) is 4.66. The number of benzene rings is 1. The van der Waals surface area contributed by atoms with E-state index in [4.69, 9.17) is 9.73 Å². The highest BCUT2D eigenvalue weighted by Crippen LogP contribution is 2.46. The molecule has 2 bridgehead atoms. The van der Waals surface area contributed by atoms with Crippen LogP contribution in [0.1, 0.15) is 57.1 Å². The molecule has 1 aromatic carbocycles. The first-order valence-corrected chi connectivity index (χ1v) is 12.5. The van der Waals surface area contributed by atoms with E-state index >= 15 is 0 Å². The van der Waals surface area contributed by atoms with Crippen LogP contribution in [-0.2, 0) is 14.3 Å². The lowest BCUT2D eigenvalue weighted by molar-refractivity contribution is -0.136. The Hall–Kier alpha value is -2.61. The van der Waals surface area contributed by atoms with E-state index in [2.05, 4.69) is 5.32 Å². The van der Waals surface area contributed by atoms with Crippen LogP contribution in [0.3, 0.4) is 0 Å². The number of thioether (sulfide) groups is 1. The van der Waals surface area contributed by atoms with E-state index in [0.717, 1.165) is 18.0 Å². The Morgan fingerprint density at radius 3 is 2.82 bits per heavy atom. The summed E-state index contributed by atoms with van der Waals surface area (Å²) in [6.07, 6.45) is 5.49. The van der Waals surface area contributed by atoms with Crippen LogP contribution in [0.5, 0.6) is 0 Å². The molecule has 6 nitrogen and oxygen atoms in total. The number of amidine groups is 1. The number of carbonyl (C=O) groups is 2. The van der Waals surface area contributed by atoms with Crippen molar-refractivity contribution in [1.29, 1.82) is 0 Å². The van der Waals surface area contributed by atoms with Crippen molar-refractivity contribution in [2.45, 2.75) is 57.5 Å². The largest absolute Gasteiger partial charge is 0.466 e. The van der Waals surface area contributed by atoms with Gasteiger partial charge in [0.05, 0.1) is 30.8 Å². The van der Waals surface area contributed by atoms with Crippen molar-refractivity contribution in [3.05, 3.63) is 58.0 Å². The molecule has 4 atom stereocenters. The van der Waals surface area contributed by atoms with Crippen molar-refractivity contribution in [1.82, 2.24) is 10.2 Å². The summed E-state index contributed by atoms with van der Waals surface area (Å²) < 4.78 is 19.3. The van der Waals surface area contributed by atoms with E-state index in [9.17, 15) is 14.0 Å². The SMILES string of the molecule is CCC1=C(C(=O)OC)C(c2cccc(F)c2)N2C(CC(=O)NC3CC4CCC3C4)=CSC2=N1. The molecule has 2 saturated carbocycles. The number of nitrogens with zero attached hydrogens (tertiary/aromatic N) is 2. The number of hydrogen-bond donors (Lipinski definition) is 1. The first-order valence-electron chi connectivity index (χ1n) is 11.6. The standard InChI is InChI=1S/C25H28FN3O3S/c1-3-19-22(24(31)32-2)23(16-5-4-6-17(26)11-16)29-18(13-33-25(29)28-19)12-21(30)27-20-10-14-7-8-15(20)9-14/h4-6,11,13-15,20,23H,3,7-10,12H2,1-2H3,(H,27,30). The van der Waals surface area contributed by atoms with E-state index in [1.807, 2.05) is 17.2 Å². The number of nitrogens with one attached hydrogen (secondary N) is 1. The average Bonchev–Trinajstić information content (AvgIpc) is 3.53. The molecule has 4 unspecified atom stereocenters. The summed E-state index contributed by atoms with van der Waals surface area (Å²) in [5.74, 6) is 0.444. The normalized spacial score (nSPS) is 27.9. The Morgan fingerprint density at radius 1 is 1.30 bits per heavy atom. The molecule has 2 fully saturated rings. The maximum atomic E-state index is 14.2. The zero-order valence-electron chi connectivity index (χ0n) is 18.8. The lowest BCUT2D eigenvalue weighted by Crippen LogP contribution is -2.41. The lowest BCUT2D eigenvalue weighted by Gasteiger charge is -2.36. The Kier molecular flexibility index (Phi) is 6.03. The van der Waals surface area contributed by atoms with Crippen LogP contribution in [0.25, 0.3) is 0 Å². The van der Waals surface area contributed by atoms with Crippen molar-refractivity contribution in [2.24, 2.45) is 16.8 Å². The van der Waals surface area contributed by atoms with Crippen molar-refractivity contribution in [3.63, 3.8) is 0 Å². The molecular formula is C25H28FN3O3S. The zero-order chi connectivity index (χ0) is 23.1. The number of rotatable bonds is 6. The van der Waals surface area contributed by atoms with Crippen LogP contribution in [0.15, 0.2) is 51.6 Å². The Balaban J connectivity index is 1.44. The average molecular weight is 470 g/mol. The van der Waals surface area contributed by atoms with Gasteiger partial charge in [0.2, 0.25) is 5.91 Å². The number of esters is 1. The van der Waals surface area contributed by atoms with Crippen molar-refractivity contribution < 1.29 is 18.7 Å². The molecule has 2 aliphatic carbocycles. The smallest absolute Gasteiger partial charge is 0.338 e. The Morgan fingerprint density at radius 2 is 2.15 bits per heavy atom. The predicted molar refractivity (Wildman–Crippen MR) is 125 cm³/mol. The summed E-state index contributed by atoms with van der Waals surface area (Å²) in [5, 5.41) is 5.85. The zero-order valence-corrected chi connectivity index (χ0v) is 19.7. The number of hydrogen-bond acceptors (Lipinski definition) is 6. The minimum Gasteiger partial charge on any atom is -0.466 e. The topological polar surface area (TPSA) is 71.0 Å². The number of allylic oxidation sites excluding steroid dienone is 1. The summed E-state index contributed by atoms with van der Waals surface area (Å²) in [6, 6.07) is 5.89. The number of methoxy groups -OCH3 is 1. The summed E-state index contributed by atoms with van der Waals surface area (Å²) in [6.45, 7) is 1.93. The van der Waals surface area contributed by atoms with Gasteiger partial charge in [0, 0.05) is 11.7 Å². The highest BCUT2D eigenvalue weighted by atomic mass is 32.2. The Bertz CT molecular complexity index is 1080. The quantitative estimate of drug-likeness (QED) is 0.614. The van der Waals surface area contributed by atoms with Crippen molar-refractivity contribution >= 4 is 28.8 Å². The van der Waals surface area contributed by atoms with Gasteiger partial charge in [0.25, 0.3) is 0 Å². The number of fused-ring (bicyclic) bond motifs is 3. The molecule has 1 N–H and O–H groups in total. The summed E-state index contributed by atoms with van der Waals surface area (Å²) in [4.78, 5) is 32.5. The number of halogens is 1. The molecule has 0 aromatic heterocycles. The van der Waals surface area contributed by atoms with Crippen molar-refractivity contribution in [3.8, 4) is 0 Å². The van der Waals surface area contributed by atoms with Crippen LogP contribution in [0.2, 0.25) is 0 Å². The molecule has 5 rings (SSSR count). The molecule has 174 valence electrons. The van der Waals surface area contributed by atoms with Gasteiger partial charge in [-0.25, -0.2) is 14.2 Å². The number of ether oxygens (including phenoxy) is 1. The van der Waals surface area contributed by atoms with Gasteiger partial charge in [-0.05, 0) is 60.6 Å². The van der Waals surface area contributed by atoms with Crippen LogP contribution < -0.4 is 5.32 Å². The molecule has 2 aliphatic heterocycles. The number of amides is 1. The molecule has 8 heteroatoms. The molecule has 1 aromatic rings. The monoisotopic (exact) mass is 469 g/mol. The van der Waals surface area contributed by atoms with Crippen LogP contribution in [0.4, 0.5) is 4.39 Å². The first kappa shape index (κ1) is 22.2. The van der Waals surface area contributed by atoms with Gasteiger partial charge in [0.15, 0.2) is 5.17 Å². The van der Waals surface area contributed by atoms with Gasteiger partial charge in [-0.15, -0.1) is 0 Å². The van der Waals surface area contributed by atoms with E-state index in [-0.39, 0.29) is 24.2 Å². The summed E-state index contributed by atoms with van der Waals surface area (Å²) in [7, 11) is 1.34. The summed E-state index contributed by atoms with van der Waals surface area (Å²) in [5.41, 5.74) is 2.38. The molecular weight excluding hydrogens is 441 g/mol. The third-order valence-corrected chi connectivity index (χ3v) is 8.11. The molecule has 4 aliphatic rings. The number of carbonyl (C=O) groups excluding carboxylic acids is 2. The second-order valence-electron chi connectivity index (χ2n) is 9.18. The van der Waals surface area contributed by atoms with Gasteiger partial charge in [-0.3, -0.25) is 4.79 Å². The first-order chi connectivity index (χ1) is 16.0. The fourth-order valence-electron chi connectivity index (χ4n) is 5.75. The van der Waals surface area contributed by atoms with Gasteiger partial charge < -0.3 is 15.0 Å². The van der Waals surface area contributed by atoms with Gasteiger partial charge in [-0.2, -0.15) is 0 Å². The van der Waals surface area contributed by atoms with E-state index in [0.29, 0.717) is 34.3 Å². The molecule has 0 radical (unpaired) electrons. The minimum atomic E-state index is -0.604. The third-order valence-electron chi connectivity index (χ3n) is 7.22. The fraction of sp³-hybridized carbons (Fsp3) is 0.480. The van der Waals surface area contributed by atoms with E-state index in [1.54, 1.807) is 12.1 Å². The summed E-state index contributed by atoms with van der Waals surface area (Å²) >= 11 is 1.43. The maximum absolute atomic E-state index is 14.2. The molecule has 33 heavy (non-hydrogen) atoms. The van der Waals surface area contributed by atoms with Crippen LogP contribution in [-0.4, -0.2) is 35.1 Å². The van der Waals surface area contributed by atoms with E-state index < -0.39 is 12.0 Å². The second kappa shape index (κ2) is 8.97. The van der Waals surface area contributed by atoms with Gasteiger partial charge >= 0.3 is 5.97 Å². The maximum Gasteiger partial charge on any atom is 0.338 e. The highest BCUT2D eigenvalue weighted by Gasteiger charge is 2.43. The highest BCUT2D eigenvalue weighted by molar-refractivity contribution is 8.16. The lowest BCUT2D eigenvalue weighted by atomic mass is 9.92. The minimum absolute atomic E-state index is 0.0245. The molecule has 0 saturated heterocycles.